The molecule has 0 aliphatic rings. The average molecular weight is 272 g/mol. The largest absolute Gasteiger partial charge is 0.573 e. The minimum absolute atomic E-state index is 0.307. The number of halogens is 4. The molecule has 0 saturated heterocycles. The number of benzene rings is 2. The fourth-order valence-corrected chi connectivity index (χ4v) is 1.69. The standard InChI is InChI=1S/C13H7ClF3O/c14-12-4-2-1-3-11(12)9-5-7-10(8-6-9)18-13(15,16)17/h1-5,7-8H. The van der Waals surface area contributed by atoms with Crippen LogP contribution in [0.5, 0.6) is 5.75 Å². The van der Waals surface area contributed by atoms with Crippen LogP contribution < -0.4 is 4.74 Å². The molecule has 93 valence electrons. The van der Waals surface area contributed by atoms with E-state index in [0.29, 0.717) is 16.1 Å². The average Bonchev–Trinajstić information content (AvgIpc) is 2.29. The normalized spacial score (nSPS) is 11.3. The van der Waals surface area contributed by atoms with Crippen LogP contribution in [-0.2, 0) is 0 Å². The van der Waals surface area contributed by atoms with E-state index >= 15 is 0 Å². The number of alkyl halides is 3. The first-order valence-electron chi connectivity index (χ1n) is 4.98. The van der Waals surface area contributed by atoms with E-state index in [1.54, 1.807) is 24.3 Å². The van der Waals surface area contributed by atoms with Gasteiger partial charge in [0.2, 0.25) is 0 Å². The molecule has 0 aliphatic heterocycles. The fourth-order valence-electron chi connectivity index (χ4n) is 1.45. The Labute approximate surface area is 107 Å². The van der Waals surface area contributed by atoms with E-state index in [1.807, 2.05) is 0 Å². The van der Waals surface area contributed by atoms with E-state index in [1.165, 1.54) is 12.1 Å². The van der Waals surface area contributed by atoms with Crippen molar-refractivity contribution in [1.82, 2.24) is 0 Å². The summed E-state index contributed by atoms with van der Waals surface area (Å²) < 4.78 is 39.7. The summed E-state index contributed by atoms with van der Waals surface area (Å²) in [5.41, 5.74) is 1.31. The number of hydrogen-bond donors (Lipinski definition) is 0. The Balaban J connectivity index is 2.26. The van der Waals surface area contributed by atoms with Crippen LogP contribution in [-0.4, -0.2) is 6.36 Å². The molecule has 0 N–H and O–H groups in total. The molecule has 18 heavy (non-hydrogen) atoms. The van der Waals surface area contributed by atoms with Gasteiger partial charge in [0.25, 0.3) is 0 Å². The second-order valence-electron chi connectivity index (χ2n) is 3.47. The van der Waals surface area contributed by atoms with Gasteiger partial charge in [-0.15, -0.1) is 13.2 Å². The third-order valence-electron chi connectivity index (χ3n) is 2.18. The Morgan fingerprint density at radius 3 is 2.33 bits per heavy atom. The van der Waals surface area contributed by atoms with E-state index < -0.39 is 6.36 Å². The smallest absolute Gasteiger partial charge is 0.406 e. The maximum Gasteiger partial charge on any atom is 0.573 e. The highest BCUT2D eigenvalue weighted by atomic mass is 35.5. The summed E-state index contributed by atoms with van der Waals surface area (Å²) in [5, 5.41) is 0.512. The first-order chi connectivity index (χ1) is 8.46. The van der Waals surface area contributed by atoms with Crippen molar-refractivity contribution < 1.29 is 17.9 Å². The van der Waals surface area contributed by atoms with Gasteiger partial charge in [-0.2, -0.15) is 0 Å². The minimum Gasteiger partial charge on any atom is -0.406 e. The van der Waals surface area contributed by atoms with Gasteiger partial charge in [0.1, 0.15) is 5.75 Å². The third-order valence-corrected chi connectivity index (χ3v) is 2.51. The molecule has 0 amide bonds. The zero-order valence-corrected chi connectivity index (χ0v) is 9.72. The molecule has 0 bridgehead atoms. The lowest BCUT2D eigenvalue weighted by Crippen LogP contribution is -2.16. The van der Waals surface area contributed by atoms with Crippen molar-refractivity contribution in [2.75, 3.05) is 0 Å². The molecule has 0 atom stereocenters. The van der Waals surface area contributed by atoms with Crippen molar-refractivity contribution in [3.8, 4) is 16.9 Å². The van der Waals surface area contributed by atoms with Crippen LogP contribution in [0, 0.1) is 6.07 Å². The molecule has 1 radical (unpaired) electrons. The van der Waals surface area contributed by atoms with Crippen molar-refractivity contribution in [2.24, 2.45) is 0 Å². The van der Waals surface area contributed by atoms with Crippen molar-refractivity contribution >= 4 is 11.6 Å². The van der Waals surface area contributed by atoms with Crippen LogP contribution in [0.15, 0.2) is 42.5 Å². The maximum atomic E-state index is 12.0. The van der Waals surface area contributed by atoms with Crippen LogP contribution in [0.4, 0.5) is 13.2 Å². The van der Waals surface area contributed by atoms with Crippen LogP contribution in [0.3, 0.4) is 0 Å². The van der Waals surface area contributed by atoms with Crippen LogP contribution in [0.2, 0.25) is 5.02 Å². The van der Waals surface area contributed by atoms with Crippen LogP contribution in [0.1, 0.15) is 0 Å². The van der Waals surface area contributed by atoms with Gasteiger partial charge in [0.15, 0.2) is 0 Å². The highest BCUT2D eigenvalue weighted by Gasteiger charge is 2.30. The Kier molecular flexibility index (Phi) is 3.48. The van der Waals surface area contributed by atoms with Gasteiger partial charge < -0.3 is 4.74 Å². The van der Waals surface area contributed by atoms with E-state index in [-0.39, 0.29) is 5.75 Å². The zero-order chi connectivity index (χ0) is 13.2. The molecular weight excluding hydrogens is 265 g/mol. The minimum atomic E-state index is -4.69. The lowest BCUT2D eigenvalue weighted by molar-refractivity contribution is -0.274. The van der Waals surface area contributed by atoms with E-state index in [9.17, 15) is 13.2 Å². The first kappa shape index (κ1) is 12.8. The Bertz CT molecular complexity index is 535. The topological polar surface area (TPSA) is 9.23 Å². The van der Waals surface area contributed by atoms with E-state index in [2.05, 4.69) is 10.8 Å². The Morgan fingerprint density at radius 2 is 1.78 bits per heavy atom. The number of rotatable bonds is 2. The molecule has 2 aromatic carbocycles. The molecule has 0 aliphatic carbocycles. The summed E-state index contributed by atoms with van der Waals surface area (Å²) in [4.78, 5) is 0. The quantitative estimate of drug-likeness (QED) is 0.769. The summed E-state index contributed by atoms with van der Waals surface area (Å²) >= 11 is 5.97. The SMILES string of the molecule is FC(F)(F)Oc1c[c]c(-c2ccccc2Cl)cc1. The zero-order valence-electron chi connectivity index (χ0n) is 8.96. The highest BCUT2D eigenvalue weighted by Crippen LogP contribution is 2.29. The highest BCUT2D eigenvalue weighted by molar-refractivity contribution is 6.33. The second kappa shape index (κ2) is 4.90. The summed E-state index contributed by atoms with van der Waals surface area (Å²) in [6.45, 7) is 0. The van der Waals surface area contributed by atoms with Gasteiger partial charge in [0.05, 0.1) is 0 Å². The monoisotopic (exact) mass is 271 g/mol. The lowest BCUT2D eigenvalue weighted by Gasteiger charge is -2.09. The van der Waals surface area contributed by atoms with Crippen molar-refractivity contribution in [3.63, 3.8) is 0 Å². The van der Waals surface area contributed by atoms with Crippen LogP contribution in [0.25, 0.3) is 11.1 Å². The molecule has 2 aromatic rings. The molecule has 5 heteroatoms. The molecule has 1 nitrogen and oxygen atoms in total. The third kappa shape index (κ3) is 3.17. The van der Waals surface area contributed by atoms with Crippen molar-refractivity contribution in [1.29, 1.82) is 0 Å². The predicted octanol–water partition coefficient (Wildman–Crippen LogP) is 4.71. The van der Waals surface area contributed by atoms with Gasteiger partial charge in [-0.1, -0.05) is 35.9 Å². The Hall–Kier alpha value is -1.68. The second-order valence-corrected chi connectivity index (χ2v) is 3.87. The lowest BCUT2D eigenvalue weighted by atomic mass is 10.1. The van der Waals surface area contributed by atoms with Gasteiger partial charge in [-0.25, -0.2) is 0 Å². The maximum absolute atomic E-state index is 12.0. The van der Waals surface area contributed by atoms with Crippen LogP contribution >= 0.6 is 11.6 Å². The number of ether oxygens (including phenoxy) is 1. The van der Waals surface area contributed by atoms with E-state index in [4.69, 9.17) is 11.6 Å². The summed E-state index contributed by atoms with van der Waals surface area (Å²) in [6.07, 6.45) is -4.69. The molecule has 0 saturated carbocycles. The van der Waals surface area contributed by atoms with Gasteiger partial charge in [-0.05, 0) is 29.8 Å². The predicted molar refractivity (Wildman–Crippen MR) is 62.4 cm³/mol. The van der Waals surface area contributed by atoms with Gasteiger partial charge >= 0.3 is 6.36 Å². The van der Waals surface area contributed by atoms with E-state index in [0.717, 1.165) is 6.07 Å². The molecule has 0 spiro atoms. The molecule has 0 heterocycles. The first-order valence-corrected chi connectivity index (χ1v) is 5.36. The fraction of sp³-hybridized carbons (Fsp3) is 0.0769. The molecule has 0 fully saturated rings. The van der Waals surface area contributed by atoms with Crippen molar-refractivity contribution in [2.45, 2.75) is 6.36 Å². The van der Waals surface area contributed by atoms with Crippen molar-refractivity contribution in [3.05, 3.63) is 53.6 Å². The molecule has 0 aromatic heterocycles. The van der Waals surface area contributed by atoms with Gasteiger partial charge in [0, 0.05) is 10.6 Å². The number of hydrogen-bond acceptors (Lipinski definition) is 1. The molecule has 2 rings (SSSR count). The van der Waals surface area contributed by atoms with Gasteiger partial charge in [-0.3, -0.25) is 0 Å². The summed E-state index contributed by atoms with van der Waals surface area (Å²) in [5.74, 6) is -0.307. The summed E-state index contributed by atoms with van der Waals surface area (Å²) in [7, 11) is 0. The Morgan fingerprint density at radius 1 is 1.06 bits per heavy atom. The molecular formula is C13H7ClF3O. The summed E-state index contributed by atoms with van der Waals surface area (Å²) in [6, 6.07) is 13.6. The molecule has 0 unspecified atom stereocenters.